The summed E-state index contributed by atoms with van der Waals surface area (Å²) >= 11 is 0. The molecule has 0 amide bonds. The Hall–Kier alpha value is -2.02. The predicted molar refractivity (Wildman–Crippen MR) is 54.3 cm³/mol. The van der Waals surface area contributed by atoms with Gasteiger partial charge in [-0.3, -0.25) is 0 Å². The van der Waals surface area contributed by atoms with E-state index in [1.54, 1.807) is 6.92 Å². The number of rotatable bonds is 1. The van der Waals surface area contributed by atoms with Crippen molar-refractivity contribution >= 4 is 11.7 Å². The number of carbonyl (C=O) groups is 1. The summed E-state index contributed by atoms with van der Waals surface area (Å²) in [4.78, 5) is 10.9. The van der Waals surface area contributed by atoms with Crippen molar-refractivity contribution in [2.24, 2.45) is 0 Å². The van der Waals surface area contributed by atoms with Gasteiger partial charge < -0.3 is 10.5 Å². The number of halogens is 1. The Morgan fingerprint density at radius 1 is 1.53 bits per heavy atom. The maximum atomic E-state index is 12.8. The maximum absolute atomic E-state index is 12.8. The fourth-order valence-electron chi connectivity index (χ4n) is 0.975. The van der Waals surface area contributed by atoms with E-state index in [4.69, 9.17) is 5.73 Å². The molecule has 0 saturated carbocycles. The van der Waals surface area contributed by atoms with E-state index < -0.39 is 11.8 Å². The van der Waals surface area contributed by atoms with Crippen LogP contribution in [-0.2, 0) is 9.53 Å². The molecular weight excluding hydrogens is 197 g/mol. The smallest absolute Gasteiger partial charge is 0.384 e. The Morgan fingerprint density at radius 3 is 2.87 bits per heavy atom. The summed E-state index contributed by atoms with van der Waals surface area (Å²) in [6, 6.07) is 3.85. The SMILES string of the molecule is CCOC(=O)C#Cc1cc(N)cc(F)c1. The standard InChI is InChI=1S/C11H10FNO2/c1-2-15-11(14)4-3-8-5-9(12)7-10(13)6-8/h5-7H,2,13H2,1H3. The minimum Gasteiger partial charge on any atom is -0.456 e. The van der Waals surface area contributed by atoms with Crippen LogP contribution >= 0.6 is 0 Å². The molecule has 0 radical (unpaired) electrons. The van der Waals surface area contributed by atoms with Gasteiger partial charge in [-0.25, -0.2) is 9.18 Å². The summed E-state index contributed by atoms with van der Waals surface area (Å²) < 4.78 is 17.4. The van der Waals surface area contributed by atoms with Gasteiger partial charge in [0.05, 0.1) is 6.61 Å². The lowest BCUT2D eigenvalue weighted by Gasteiger charge is -1.95. The highest BCUT2D eigenvalue weighted by molar-refractivity contribution is 5.89. The van der Waals surface area contributed by atoms with E-state index in [0.717, 1.165) is 0 Å². The summed E-state index contributed by atoms with van der Waals surface area (Å²) in [5.74, 6) is 3.57. The molecule has 0 unspecified atom stereocenters. The average Bonchev–Trinajstić information content (AvgIpc) is 2.14. The highest BCUT2D eigenvalue weighted by Gasteiger charge is 1.97. The molecule has 0 aliphatic heterocycles. The molecule has 4 heteroatoms. The number of nitrogen functional groups attached to an aromatic ring is 1. The molecule has 0 aliphatic carbocycles. The van der Waals surface area contributed by atoms with Crippen molar-refractivity contribution in [1.29, 1.82) is 0 Å². The van der Waals surface area contributed by atoms with Crippen LogP contribution in [0.3, 0.4) is 0 Å². The molecule has 0 atom stereocenters. The molecule has 0 spiro atoms. The number of ether oxygens (including phenoxy) is 1. The second-order valence-corrected chi connectivity index (χ2v) is 2.74. The average molecular weight is 207 g/mol. The second-order valence-electron chi connectivity index (χ2n) is 2.74. The minimum absolute atomic E-state index is 0.263. The number of hydrogen-bond acceptors (Lipinski definition) is 3. The number of benzene rings is 1. The van der Waals surface area contributed by atoms with E-state index in [1.165, 1.54) is 18.2 Å². The largest absolute Gasteiger partial charge is 0.456 e. The molecule has 3 nitrogen and oxygen atoms in total. The van der Waals surface area contributed by atoms with Crippen LogP contribution in [-0.4, -0.2) is 12.6 Å². The van der Waals surface area contributed by atoms with Crippen molar-refractivity contribution in [2.75, 3.05) is 12.3 Å². The Kier molecular flexibility index (Phi) is 3.69. The monoisotopic (exact) mass is 207 g/mol. The maximum Gasteiger partial charge on any atom is 0.384 e. The number of carbonyl (C=O) groups excluding carboxylic acids is 1. The highest BCUT2D eigenvalue weighted by atomic mass is 19.1. The first-order valence-corrected chi connectivity index (χ1v) is 4.36. The Morgan fingerprint density at radius 2 is 2.27 bits per heavy atom. The third kappa shape index (κ3) is 3.69. The van der Waals surface area contributed by atoms with Crippen molar-refractivity contribution in [1.82, 2.24) is 0 Å². The fraction of sp³-hybridized carbons (Fsp3) is 0.182. The van der Waals surface area contributed by atoms with Crippen LogP contribution in [0.1, 0.15) is 12.5 Å². The molecule has 0 fully saturated rings. The normalized spacial score (nSPS) is 8.93. The Labute approximate surface area is 87.0 Å². The lowest BCUT2D eigenvalue weighted by atomic mass is 10.2. The highest BCUT2D eigenvalue weighted by Crippen LogP contribution is 2.09. The zero-order valence-electron chi connectivity index (χ0n) is 8.21. The molecule has 0 aliphatic rings. The van der Waals surface area contributed by atoms with Crippen molar-refractivity contribution in [3.05, 3.63) is 29.6 Å². The van der Waals surface area contributed by atoms with E-state index in [-0.39, 0.29) is 12.3 Å². The van der Waals surface area contributed by atoms with Crippen molar-refractivity contribution in [2.45, 2.75) is 6.92 Å². The van der Waals surface area contributed by atoms with E-state index in [0.29, 0.717) is 5.56 Å². The molecule has 1 aromatic carbocycles. The molecular formula is C11H10FNO2. The fourth-order valence-corrected chi connectivity index (χ4v) is 0.975. The summed E-state index contributed by atoms with van der Waals surface area (Å²) in [5.41, 5.74) is 6.02. The van der Waals surface area contributed by atoms with Crippen LogP contribution in [0.25, 0.3) is 0 Å². The lowest BCUT2D eigenvalue weighted by molar-refractivity contribution is -0.136. The van der Waals surface area contributed by atoms with Crippen LogP contribution in [0.5, 0.6) is 0 Å². The van der Waals surface area contributed by atoms with Crippen molar-refractivity contribution in [3.63, 3.8) is 0 Å². The van der Waals surface area contributed by atoms with E-state index in [1.807, 2.05) is 0 Å². The number of esters is 1. The van der Waals surface area contributed by atoms with Crippen LogP contribution in [0.15, 0.2) is 18.2 Å². The molecule has 0 bridgehead atoms. The summed E-state index contributed by atoms with van der Waals surface area (Å²) in [7, 11) is 0. The third-order valence-corrected chi connectivity index (χ3v) is 1.50. The Bertz CT molecular complexity index is 412. The molecule has 78 valence electrons. The van der Waals surface area contributed by atoms with Crippen LogP contribution in [0.4, 0.5) is 10.1 Å². The molecule has 0 saturated heterocycles. The van der Waals surface area contributed by atoms with Gasteiger partial charge in [-0.2, -0.15) is 0 Å². The zero-order valence-corrected chi connectivity index (χ0v) is 8.21. The van der Waals surface area contributed by atoms with Gasteiger partial charge >= 0.3 is 5.97 Å². The van der Waals surface area contributed by atoms with E-state index in [9.17, 15) is 9.18 Å². The number of hydrogen-bond donors (Lipinski definition) is 1. The molecule has 2 N–H and O–H groups in total. The van der Waals surface area contributed by atoms with E-state index >= 15 is 0 Å². The minimum atomic E-state index is -0.639. The summed E-state index contributed by atoms with van der Waals surface area (Å²) in [6.07, 6.45) is 0. The second kappa shape index (κ2) is 5.01. The number of anilines is 1. The van der Waals surface area contributed by atoms with Crippen molar-refractivity contribution in [3.8, 4) is 11.8 Å². The first-order chi connectivity index (χ1) is 7.11. The number of nitrogens with two attached hydrogens (primary N) is 1. The van der Waals surface area contributed by atoms with Gasteiger partial charge in [-0.15, -0.1) is 0 Å². The van der Waals surface area contributed by atoms with Crippen LogP contribution < -0.4 is 5.73 Å². The lowest BCUT2D eigenvalue weighted by Crippen LogP contribution is -1.99. The summed E-state index contributed by atoms with van der Waals surface area (Å²) in [5, 5.41) is 0. The van der Waals surface area contributed by atoms with E-state index in [2.05, 4.69) is 16.6 Å². The van der Waals surface area contributed by atoms with Crippen LogP contribution in [0.2, 0.25) is 0 Å². The molecule has 0 aromatic heterocycles. The first kappa shape index (κ1) is 11.1. The predicted octanol–water partition coefficient (Wildman–Crippen LogP) is 1.32. The van der Waals surface area contributed by atoms with Gasteiger partial charge in [0.15, 0.2) is 0 Å². The summed E-state index contributed by atoms with van der Waals surface area (Å²) in [6.45, 7) is 1.94. The van der Waals surface area contributed by atoms with Gasteiger partial charge in [-0.1, -0.05) is 5.92 Å². The molecule has 0 heterocycles. The quantitative estimate of drug-likeness (QED) is 0.429. The van der Waals surface area contributed by atoms with Gasteiger partial charge in [0.25, 0.3) is 0 Å². The van der Waals surface area contributed by atoms with Gasteiger partial charge in [0.1, 0.15) is 5.82 Å². The third-order valence-electron chi connectivity index (χ3n) is 1.50. The van der Waals surface area contributed by atoms with Gasteiger partial charge in [0.2, 0.25) is 0 Å². The van der Waals surface area contributed by atoms with Gasteiger partial charge in [0, 0.05) is 17.2 Å². The first-order valence-electron chi connectivity index (χ1n) is 4.36. The zero-order chi connectivity index (χ0) is 11.3. The topological polar surface area (TPSA) is 52.3 Å². The van der Waals surface area contributed by atoms with Crippen LogP contribution in [0, 0.1) is 17.7 Å². The molecule has 15 heavy (non-hydrogen) atoms. The Balaban J connectivity index is 2.84. The van der Waals surface area contributed by atoms with Crippen molar-refractivity contribution < 1.29 is 13.9 Å². The molecule has 1 aromatic rings. The van der Waals surface area contributed by atoms with Gasteiger partial charge in [-0.05, 0) is 25.1 Å². The molecule has 1 rings (SSSR count).